The van der Waals surface area contributed by atoms with Crippen LogP contribution in [-0.4, -0.2) is 28.9 Å². The highest BCUT2D eigenvalue weighted by Crippen LogP contribution is 2.13. The van der Waals surface area contributed by atoms with Crippen molar-refractivity contribution in [3.05, 3.63) is 35.1 Å². The zero-order chi connectivity index (χ0) is 15.8. The van der Waals surface area contributed by atoms with Crippen molar-refractivity contribution in [2.45, 2.75) is 32.2 Å². The molecule has 0 saturated heterocycles. The Morgan fingerprint density at radius 3 is 2.62 bits per heavy atom. The Kier molecular flexibility index (Phi) is 6.34. The van der Waals surface area contributed by atoms with Gasteiger partial charge in [-0.05, 0) is 31.0 Å². The molecule has 21 heavy (non-hydrogen) atoms. The van der Waals surface area contributed by atoms with Gasteiger partial charge >= 0.3 is 5.97 Å². The number of benzene rings is 1. The number of carbonyl (C=O) groups is 2. The number of rotatable bonds is 7. The Morgan fingerprint density at radius 2 is 2.00 bits per heavy atom. The number of halogens is 1. The third-order valence-electron chi connectivity index (χ3n) is 3.04. The Labute approximate surface area is 122 Å². The maximum atomic E-state index is 13.6. The summed E-state index contributed by atoms with van der Waals surface area (Å²) < 4.78 is 13.6. The Morgan fingerprint density at radius 1 is 1.33 bits per heavy atom. The molecule has 0 aliphatic heterocycles. The smallest absolute Gasteiger partial charge is 0.303 e. The van der Waals surface area contributed by atoms with E-state index in [1.165, 1.54) is 23.1 Å². The van der Waals surface area contributed by atoms with Gasteiger partial charge in [0.25, 0.3) is 0 Å². The van der Waals surface area contributed by atoms with Crippen LogP contribution < -0.4 is 0 Å². The Hall–Kier alpha value is -2.42. The van der Waals surface area contributed by atoms with Gasteiger partial charge < -0.3 is 10.0 Å². The van der Waals surface area contributed by atoms with Gasteiger partial charge in [-0.25, -0.2) is 4.39 Å². The van der Waals surface area contributed by atoms with Crippen molar-refractivity contribution in [3.63, 3.8) is 0 Å². The van der Waals surface area contributed by atoms with E-state index in [1.54, 1.807) is 7.05 Å². The summed E-state index contributed by atoms with van der Waals surface area (Å²) in [6, 6.07) is 5.93. The number of hydrogen-bond donors (Lipinski definition) is 1. The lowest BCUT2D eigenvalue weighted by Crippen LogP contribution is -2.26. The van der Waals surface area contributed by atoms with E-state index in [0.717, 1.165) is 0 Å². The van der Waals surface area contributed by atoms with Crippen LogP contribution in [0.4, 0.5) is 4.39 Å². The van der Waals surface area contributed by atoms with Crippen LogP contribution in [0, 0.1) is 17.1 Å². The molecule has 1 amide bonds. The summed E-state index contributed by atoms with van der Waals surface area (Å²) in [7, 11) is 1.55. The van der Waals surface area contributed by atoms with E-state index in [4.69, 9.17) is 10.4 Å². The predicted octanol–water partition coefficient (Wildman–Crippen LogP) is 2.30. The second-order valence-electron chi connectivity index (χ2n) is 4.77. The van der Waals surface area contributed by atoms with E-state index >= 15 is 0 Å². The monoisotopic (exact) mass is 292 g/mol. The summed E-state index contributed by atoms with van der Waals surface area (Å²) in [6.07, 6.45) is 1.18. The lowest BCUT2D eigenvalue weighted by molar-refractivity contribution is -0.137. The van der Waals surface area contributed by atoms with Crippen molar-refractivity contribution in [2.75, 3.05) is 7.05 Å². The number of hydrogen-bond acceptors (Lipinski definition) is 3. The molecule has 0 unspecified atom stereocenters. The van der Waals surface area contributed by atoms with Crippen LogP contribution in [0.2, 0.25) is 0 Å². The van der Waals surface area contributed by atoms with Gasteiger partial charge in [0.2, 0.25) is 5.91 Å². The van der Waals surface area contributed by atoms with Crippen molar-refractivity contribution in [1.29, 1.82) is 5.26 Å². The highest BCUT2D eigenvalue weighted by molar-refractivity contribution is 5.76. The van der Waals surface area contributed by atoms with Crippen LogP contribution >= 0.6 is 0 Å². The second kappa shape index (κ2) is 8.00. The fourth-order valence-electron chi connectivity index (χ4n) is 1.85. The fourth-order valence-corrected chi connectivity index (χ4v) is 1.85. The lowest BCUT2D eigenvalue weighted by atomic mass is 10.1. The minimum absolute atomic E-state index is 0.0375. The second-order valence-corrected chi connectivity index (χ2v) is 4.77. The first-order valence-corrected chi connectivity index (χ1v) is 6.58. The number of carbonyl (C=O) groups excluding carboxylic acids is 1. The van der Waals surface area contributed by atoms with Crippen molar-refractivity contribution in [1.82, 2.24) is 4.90 Å². The number of carboxylic acid groups (broad SMARTS) is 1. The van der Waals surface area contributed by atoms with Crippen molar-refractivity contribution >= 4 is 11.9 Å². The summed E-state index contributed by atoms with van der Waals surface area (Å²) in [6.45, 7) is 0.0825. The molecule has 6 heteroatoms. The Balaban J connectivity index is 2.52. The average Bonchev–Trinajstić information content (AvgIpc) is 2.45. The van der Waals surface area contributed by atoms with E-state index in [9.17, 15) is 14.0 Å². The number of amides is 1. The molecule has 0 fully saturated rings. The molecule has 0 heterocycles. The normalized spacial score (nSPS) is 9.95. The minimum atomic E-state index is -0.883. The summed E-state index contributed by atoms with van der Waals surface area (Å²) in [5, 5.41) is 17.3. The molecule has 0 saturated carbocycles. The summed E-state index contributed by atoms with van der Waals surface area (Å²) in [5.41, 5.74) is 0.629. The van der Waals surface area contributed by atoms with Crippen LogP contribution in [0.5, 0.6) is 0 Å². The first-order chi connectivity index (χ1) is 9.93. The molecule has 0 aliphatic carbocycles. The standard InChI is InChI=1S/C15H17FN2O3/c1-18(14(19)4-2-3-5-15(20)21)10-12-8-11(9-17)6-7-13(12)16/h6-8H,2-5,10H2,1H3,(H,20,21). The number of nitriles is 1. The molecule has 0 aliphatic rings. The lowest BCUT2D eigenvalue weighted by Gasteiger charge is -2.17. The molecule has 0 bridgehead atoms. The van der Waals surface area contributed by atoms with Gasteiger partial charge in [-0.2, -0.15) is 5.26 Å². The highest BCUT2D eigenvalue weighted by atomic mass is 19.1. The molecule has 0 atom stereocenters. The predicted molar refractivity (Wildman–Crippen MR) is 73.7 cm³/mol. The largest absolute Gasteiger partial charge is 0.481 e. The molecule has 5 nitrogen and oxygen atoms in total. The van der Waals surface area contributed by atoms with Crippen LogP contribution in [0.1, 0.15) is 36.8 Å². The van der Waals surface area contributed by atoms with E-state index in [1.807, 2.05) is 6.07 Å². The SMILES string of the molecule is CN(Cc1cc(C#N)ccc1F)C(=O)CCCCC(=O)O. The number of nitrogens with zero attached hydrogens (tertiary/aromatic N) is 2. The fraction of sp³-hybridized carbons (Fsp3) is 0.400. The van der Waals surface area contributed by atoms with Gasteiger partial charge in [0.15, 0.2) is 0 Å². The van der Waals surface area contributed by atoms with Crippen LogP contribution in [0.15, 0.2) is 18.2 Å². The molecule has 1 aromatic rings. The molecule has 0 spiro atoms. The molecular weight excluding hydrogens is 275 g/mol. The molecule has 1 aromatic carbocycles. The highest BCUT2D eigenvalue weighted by Gasteiger charge is 2.12. The van der Waals surface area contributed by atoms with Gasteiger partial charge in [0.1, 0.15) is 5.82 Å². The van der Waals surface area contributed by atoms with Crippen molar-refractivity contribution < 1.29 is 19.1 Å². The topological polar surface area (TPSA) is 81.4 Å². The van der Waals surface area contributed by atoms with Gasteiger partial charge in [-0.15, -0.1) is 0 Å². The van der Waals surface area contributed by atoms with E-state index < -0.39 is 11.8 Å². The summed E-state index contributed by atoms with van der Waals surface area (Å²) in [5.74, 6) is -1.52. The molecule has 0 aromatic heterocycles. The quantitative estimate of drug-likeness (QED) is 0.782. The van der Waals surface area contributed by atoms with Gasteiger partial charge in [0.05, 0.1) is 11.6 Å². The number of unbranched alkanes of at least 4 members (excludes halogenated alkanes) is 1. The average molecular weight is 292 g/mol. The van der Waals surface area contributed by atoms with Crippen LogP contribution in [0.25, 0.3) is 0 Å². The third kappa shape index (κ3) is 5.61. The molecule has 112 valence electrons. The zero-order valence-corrected chi connectivity index (χ0v) is 11.8. The number of carboxylic acids is 1. The maximum Gasteiger partial charge on any atom is 0.303 e. The van der Waals surface area contributed by atoms with Crippen LogP contribution in [-0.2, 0) is 16.1 Å². The van der Waals surface area contributed by atoms with E-state index in [2.05, 4.69) is 0 Å². The van der Waals surface area contributed by atoms with Crippen molar-refractivity contribution in [3.8, 4) is 6.07 Å². The maximum absolute atomic E-state index is 13.6. The molecule has 1 rings (SSSR count). The van der Waals surface area contributed by atoms with E-state index in [-0.39, 0.29) is 30.9 Å². The van der Waals surface area contributed by atoms with Crippen molar-refractivity contribution in [2.24, 2.45) is 0 Å². The van der Waals surface area contributed by atoms with Gasteiger partial charge in [0, 0.05) is 32.0 Å². The minimum Gasteiger partial charge on any atom is -0.481 e. The van der Waals surface area contributed by atoms with Gasteiger partial charge in [-0.3, -0.25) is 9.59 Å². The first-order valence-electron chi connectivity index (χ1n) is 6.58. The van der Waals surface area contributed by atoms with Crippen LogP contribution in [0.3, 0.4) is 0 Å². The zero-order valence-electron chi connectivity index (χ0n) is 11.8. The summed E-state index contributed by atoms with van der Waals surface area (Å²) >= 11 is 0. The van der Waals surface area contributed by atoms with E-state index in [0.29, 0.717) is 18.4 Å². The first kappa shape index (κ1) is 16.6. The summed E-state index contributed by atoms with van der Waals surface area (Å²) in [4.78, 5) is 23.6. The third-order valence-corrected chi connectivity index (χ3v) is 3.04. The number of aliphatic carboxylic acids is 1. The van der Waals surface area contributed by atoms with Gasteiger partial charge in [-0.1, -0.05) is 0 Å². The molecule has 1 N–H and O–H groups in total. The molecular formula is C15H17FN2O3. The Bertz CT molecular complexity index is 567. The molecule has 0 radical (unpaired) electrons.